The zero-order chi connectivity index (χ0) is 21.7. The van der Waals surface area contributed by atoms with Crippen molar-refractivity contribution in [1.29, 1.82) is 0 Å². The van der Waals surface area contributed by atoms with Crippen molar-refractivity contribution >= 4 is 27.6 Å². The Morgan fingerprint density at radius 1 is 0.844 bits per heavy atom. The quantitative estimate of drug-likeness (QED) is 0.374. The lowest BCUT2D eigenvalue weighted by atomic mass is 10.0. The van der Waals surface area contributed by atoms with Gasteiger partial charge in [0.1, 0.15) is 17.2 Å². The zero-order valence-corrected chi connectivity index (χ0v) is 16.7. The number of halogens is 1. The first-order valence-corrected chi connectivity index (χ1v) is 9.95. The number of H-pyrrole nitrogens is 2. The molecule has 0 atom stereocenters. The summed E-state index contributed by atoms with van der Waals surface area (Å²) in [5, 5.41) is 9.39. The highest BCUT2D eigenvalue weighted by Crippen LogP contribution is 2.34. The number of rotatable bonds is 3. The SMILES string of the molecule is Nc1cncc(-c2cc3c(-c4cc5c(-c6ccc(F)cc6)ccnc5[nH]4)n[nH]c3cn2)c1. The van der Waals surface area contributed by atoms with Crippen LogP contribution in [0.2, 0.25) is 0 Å². The molecular formula is C24H16FN7. The topological polar surface area (TPSA) is 109 Å². The second-order valence-corrected chi connectivity index (χ2v) is 7.50. The average molecular weight is 421 g/mol. The van der Waals surface area contributed by atoms with E-state index >= 15 is 0 Å². The summed E-state index contributed by atoms with van der Waals surface area (Å²) in [6.07, 6.45) is 6.81. The molecule has 6 rings (SSSR count). The number of fused-ring (bicyclic) bond motifs is 2. The van der Waals surface area contributed by atoms with E-state index in [0.29, 0.717) is 5.69 Å². The van der Waals surface area contributed by atoms with Crippen LogP contribution in [-0.4, -0.2) is 30.1 Å². The molecule has 0 saturated carbocycles. The fourth-order valence-corrected chi connectivity index (χ4v) is 3.91. The minimum absolute atomic E-state index is 0.267. The molecule has 0 spiro atoms. The number of hydrogen-bond donors (Lipinski definition) is 3. The maximum Gasteiger partial charge on any atom is 0.138 e. The van der Waals surface area contributed by atoms with Gasteiger partial charge in [0.15, 0.2) is 0 Å². The van der Waals surface area contributed by atoms with Gasteiger partial charge in [-0.15, -0.1) is 0 Å². The lowest BCUT2D eigenvalue weighted by molar-refractivity contribution is 0.628. The van der Waals surface area contributed by atoms with Crippen LogP contribution in [0.1, 0.15) is 0 Å². The molecule has 32 heavy (non-hydrogen) atoms. The van der Waals surface area contributed by atoms with E-state index in [1.807, 2.05) is 24.3 Å². The van der Waals surface area contributed by atoms with Gasteiger partial charge in [0, 0.05) is 34.9 Å². The van der Waals surface area contributed by atoms with E-state index in [2.05, 4.69) is 30.1 Å². The normalized spacial score (nSPS) is 11.4. The van der Waals surface area contributed by atoms with Crippen LogP contribution >= 0.6 is 0 Å². The Morgan fingerprint density at radius 3 is 2.56 bits per heavy atom. The molecule has 0 amide bonds. The number of anilines is 1. The number of aromatic nitrogens is 6. The van der Waals surface area contributed by atoms with Crippen molar-refractivity contribution in [2.24, 2.45) is 0 Å². The molecule has 0 aliphatic carbocycles. The summed E-state index contributed by atoms with van der Waals surface area (Å²) in [5.74, 6) is -0.267. The number of benzene rings is 1. The van der Waals surface area contributed by atoms with Crippen molar-refractivity contribution in [3.8, 4) is 33.8 Å². The van der Waals surface area contributed by atoms with Gasteiger partial charge >= 0.3 is 0 Å². The Balaban J connectivity index is 1.50. The minimum Gasteiger partial charge on any atom is -0.397 e. The standard InChI is InChI=1S/C24H16FN7/c25-15-3-1-13(2-4-15)17-5-6-28-24-18(17)8-21(30-24)23-19-9-20(29-12-22(19)31-32-23)14-7-16(26)11-27-10-14/h1-12H,26H2,(H,28,30)(H,31,32). The van der Waals surface area contributed by atoms with Crippen molar-refractivity contribution in [1.82, 2.24) is 30.1 Å². The number of nitrogens with two attached hydrogens (primary N) is 1. The van der Waals surface area contributed by atoms with Crippen LogP contribution in [0.4, 0.5) is 10.1 Å². The Kier molecular flexibility index (Phi) is 3.97. The fraction of sp³-hybridized carbons (Fsp3) is 0. The maximum atomic E-state index is 13.4. The van der Waals surface area contributed by atoms with Gasteiger partial charge in [-0.3, -0.25) is 15.1 Å². The summed E-state index contributed by atoms with van der Waals surface area (Å²) in [7, 11) is 0. The molecule has 0 radical (unpaired) electrons. The van der Waals surface area contributed by atoms with E-state index in [9.17, 15) is 4.39 Å². The van der Waals surface area contributed by atoms with E-state index < -0.39 is 0 Å². The molecule has 0 unspecified atom stereocenters. The first kappa shape index (κ1) is 18.2. The van der Waals surface area contributed by atoms with Crippen molar-refractivity contribution in [2.45, 2.75) is 0 Å². The smallest absolute Gasteiger partial charge is 0.138 e. The number of nitrogen functional groups attached to an aromatic ring is 1. The first-order valence-electron chi connectivity index (χ1n) is 9.95. The summed E-state index contributed by atoms with van der Waals surface area (Å²) in [6, 6.07) is 14.2. The lowest BCUT2D eigenvalue weighted by Crippen LogP contribution is -1.89. The van der Waals surface area contributed by atoms with Gasteiger partial charge in [0.05, 0.1) is 28.8 Å². The van der Waals surface area contributed by atoms with E-state index in [1.54, 1.807) is 36.9 Å². The van der Waals surface area contributed by atoms with Gasteiger partial charge in [-0.25, -0.2) is 9.37 Å². The Labute approximate surface area is 181 Å². The van der Waals surface area contributed by atoms with Crippen LogP contribution in [0, 0.1) is 5.82 Å². The number of hydrogen-bond acceptors (Lipinski definition) is 5. The Morgan fingerprint density at radius 2 is 1.72 bits per heavy atom. The number of nitrogens with one attached hydrogen (secondary N) is 2. The number of nitrogens with zero attached hydrogens (tertiary/aromatic N) is 4. The molecule has 0 saturated heterocycles. The second-order valence-electron chi connectivity index (χ2n) is 7.50. The summed E-state index contributed by atoms with van der Waals surface area (Å²) < 4.78 is 13.4. The molecule has 7 nitrogen and oxygen atoms in total. The minimum atomic E-state index is -0.267. The summed E-state index contributed by atoms with van der Waals surface area (Å²) >= 11 is 0. The van der Waals surface area contributed by atoms with Crippen LogP contribution in [0.5, 0.6) is 0 Å². The highest BCUT2D eigenvalue weighted by Gasteiger charge is 2.15. The lowest BCUT2D eigenvalue weighted by Gasteiger charge is -2.02. The van der Waals surface area contributed by atoms with Gasteiger partial charge in [0.25, 0.3) is 0 Å². The molecule has 6 aromatic rings. The van der Waals surface area contributed by atoms with Crippen LogP contribution in [-0.2, 0) is 0 Å². The van der Waals surface area contributed by atoms with Gasteiger partial charge in [-0.2, -0.15) is 5.10 Å². The molecule has 5 aromatic heterocycles. The van der Waals surface area contributed by atoms with Crippen LogP contribution < -0.4 is 5.73 Å². The van der Waals surface area contributed by atoms with Crippen LogP contribution in [0.25, 0.3) is 55.7 Å². The van der Waals surface area contributed by atoms with E-state index in [4.69, 9.17) is 5.73 Å². The van der Waals surface area contributed by atoms with E-state index in [-0.39, 0.29) is 5.82 Å². The van der Waals surface area contributed by atoms with E-state index in [0.717, 1.165) is 55.7 Å². The Hall–Kier alpha value is -4.59. The molecule has 154 valence electrons. The molecule has 1 aromatic carbocycles. The fourth-order valence-electron chi connectivity index (χ4n) is 3.91. The zero-order valence-electron chi connectivity index (χ0n) is 16.7. The summed E-state index contributed by atoms with van der Waals surface area (Å²) in [4.78, 5) is 16.5. The van der Waals surface area contributed by atoms with E-state index in [1.165, 1.54) is 12.1 Å². The highest BCUT2D eigenvalue weighted by atomic mass is 19.1. The third-order valence-corrected chi connectivity index (χ3v) is 5.44. The molecule has 0 aliphatic heterocycles. The van der Waals surface area contributed by atoms with Gasteiger partial charge < -0.3 is 10.7 Å². The van der Waals surface area contributed by atoms with Crippen molar-refractivity contribution in [3.05, 3.63) is 79.1 Å². The predicted octanol–water partition coefficient (Wildman–Crippen LogP) is 4.95. The molecule has 4 N–H and O–H groups in total. The molecule has 0 bridgehead atoms. The largest absolute Gasteiger partial charge is 0.397 e. The van der Waals surface area contributed by atoms with Crippen LogP contribution in [0.15, 0.2) is 73.3 Å². The Bertz CT molecular complexity index is 1600. The van der Waals surface area contributed by atoms with Gasteiger partial charge in [-0.05, 0) is 47.5 Å². The molecule has 0 fully saturated rings. The highest BCUT2D eigenvalue weighted by molar-refractivity contribution is 6.00. The molecular weight excluding hydrogens is 405 g/mol. The third-order valence-electron chi connectivity index (χ3n) is 5.44. The monoisotopic (exact) mass is 421 g/mol. The van der Waals surface area contributed by atoms with Gasteiger partial charge in [-0.1, -0.05) is 12.1 Å². The average Bonchev–Trinajstić information content (AvgIpc) is 3.43. The number of pyridine rings is 3. The summed E-state index contributed by atoms with van der Waals surface area (Å²) in [5.41, 5.74) is 13.0. The predicted molar refractivity (Wildman–Crippen MR) is 122 cm³/mol. The van der Waals surface area contributed by atoms with Crippen molar-refractivity contribution in [3.63, 3.8) is 0 Å². The van der Waals surface area contributed by atoms with Crippen LogP contribution in [0.3, 0.4) is 0 Å². The second kappa shape index (κ2) is 6.98. The first-order chi connectivity index (χ1) is 15.7. The molecule has 5 heterocycles. The maximum absolute atomic E-state index is 13.4. The van der Waals surface area contributed by atoms with Crippen molar-refractivity contribution < 1.29 is 4.39 Å². The van der Waals surface area contributed by atoms with Gasteiger partial charge in [0.2, 0.25) is 0 Å². The number of aromatic amines is 2. The molecule has 8 heteroatoms. The molecule has 0 aliphatic rings. The summed E-state index contributed by atoms with van der Waals surface area (Å²) in [6.45, 7) is 0. The third kappa shape index (κ3) is 2.97. The van der Waals surface area contributed by atoms with Crippen molar-refractivity contribution in [2.75, 3.05) is 5.73 Å².